The Bertz CT molecular complexity index is 2740. The van der Waals surface area contributed by atoms with Crippen molar-refractivity contribution < 1.29 is 4.42 Å². The molecular weight excluding hydrogens is 633 g/mol. The summed E-state index contributed by atoms with van der Waals surface area (Å²) >= 11 is 0. The van der Waals surface area contributed by atoms with Gasteiger partial charge >= 0.3 is 0 Å². The molecule has 0 saturated carbocycles. The molecule has 10 rings (SSSR count). The van der Waals surface area contributed by atoms with Crippen LogP contribution in [0.25, 0.3) is 89.2 Å². The zero-order valence-corrected chi connectivity index (χ0v) is 29.0. The minimum Gasteiger partial charge on any atom is -0.455 e. The molecule has 246 valence electrons. The maximum Gasteiger partial charge on any atom is 0.160 e. The fourth-order valence-corrected chi connectivity index (χ4v) is 8.05. The summed E-state index contributed by atoms with van der Waals surface area (Å²) in [6.07, 6.45) is 0. The first-order valence-electron chi connectivity index (χ1n) is 17.8. The third kappa shape index (κ3) is 4.81. The molecular formula is C49H34N2O. The lowest BCUT2D eigenvalue weighted by Gasteiger charge is -2.22. The molecule has 3 heteroatoms. The van der Waals surface area contributed by atoms with Crippen molar-refractivity contribution in [3.8, 4) is 67.3 Å². The lowest BCUT2D eigenvalue weighted by atomic mass is 9.81. The van der Waals surface area contributed by atoms with E-state index in [1.54, 1.807) is 0 Å². The summed E-state index contributed by atoms with van der Waals surface area (Å²) < 4.78 is 6.71. The van der Waals surface area contributed by atoms with E-state index in [1.807, 2.05) is 48.5 Å². The highest BCUT2D eigenvalue weighted by Gasteiger charge is 2.35. The highest BCUT2D eigenvalue weighted by molar-refractivity contribution is 6.16. The van der Waals surface area contributed by atoms with Crippen LogP contribution in [-0.4, -0.2) is 9.97 Å². The molecule has 0 saturated heterocycles. The van der Waals surface area contributed by atoms with Gasteiger partial charge < -0.3 is 4.42 Å². The molecule has 3 nitrogen and oxygen atoms in total. The monoisotopic (exact) mass is 666 g/mol. The zero-order chi connectivity index (χ0) is 34.8. The van der Waals surface area contributed by atoms with Crippen LogP contribution >= 0.6 is 0 Å². The summed E-state index contributed by atoms with van der Waals surface area (Å²) in [6, 6.07) is 59.9. The van der Waals surface area contributed by atoms with Gasteiger partial charge in [-0.2, -0.15) is 0 Å². The average molecular weight is 667 g/mol. The number of benzene rings is 7. The summed E-state index contributed by atoms with van der Waals surface area (Å²) in [7, 11) is 0. The van der Waals surface area contributed by atoms with E-state index < -0.39 is 0 Å². The fraction of sp³-hybridized carbons (Fsp3) is 0.0612. The zero-order valence-electron chi connectivity index (χ0n) is 29.0. The number of nitrogens with zero attached hydrogens (tertiary/aromatic N) is 2. The summed E-state index contributed by atoms with van der Waals surface area (Å²) in [5.74, 6) is 0.680. The SMILES string of the molecule is CC1(C)c2ccccc2-c2ccc(-c3ccc(-c4ccc(-c5cc(-c6ccccc6)nc(-c6ccccc6)n5)c5oc6ccccc6c45)cc3)cc21. The van der Waals surface area contributed by atoms with Crippen molar-refractivity contribution in [2.24, 2.45) is 0 Å². The topological polar surface area (TPSA) is 38.9 Å². The average Bonchev–Trinajstić information content (AvgIpc) is 3.71. The second-order valence-electron chi connectivity index (χ2n) is 14.2. The van der Waals surface area contributed by atoms with E-state index in [9.17, 15) is 0 Å². The number of aromatic nitrogens is 2. The smallest absolute Gasteiger partial charge is 0.160 e. The summed E-state index contributed by atoms with van der Waals surface area (Å²) in [5.41, 5.74) is 16.4. The molecule has 0 atom stereocenters. The maximum atomic E-state index is 6.71. The number of furan rings is 1. The van der Waals surface area contributed by atoms with Gasteiger partial charge in [-0.1, -0.05) is 159 Å². The maximum absolute atomic E-state index is 6.71. The highest BCUT2D eigenvalue weighted by Crippen LogP contribution is 2.50. The molecule has 0 amide bonds. The van der Waals surface area contributed by atoms with Gasteiger partial charge in [-0.05, 0) is 68.8 Å². The molecule has 0 fully saturated rings. The van der Waals surface area contributed by atoms with Gasteiger partial charge in [0.05, 0.1) is 11.4 Å². The van der Waals surface area contributed by atoms with Crippen molar-refractivity contribution in [3.63, 3.8) is 0 Å². The van der Waals surface area contributed by atoms with Gasteiger partial charge in [0.2, 0.25) is 0 Å². The largest absolute Gasteiger partial charge is 0.455 e. The van der Waals surface area contributed by atoms with Gasteiger partial charge in [0.25, 0.3) is 0 Å². The molecule has 0 radical (unpaired) electrons. The molecule has 2 heterocycles. The van der Waals surface area contributed by atoms with E-state index >= 15 is 0 Å². The van der Waals surface area contributed by atoms with Gasteiger partial charge in [0, 0.05) is 32.9 Å². The number of hydrogen-bond acceptors (Lipinski definition) is 3. The van der Waals surface area contributed by atoms with Crippen LogP contribution < -0.4 is 0 Å². The molecule has 7 aromatic carbocycles. The van der Waals surface area contributed by atoms with E-state index in [0.29, 0.717) is 5.82 Å². The Morgan fingerprint density at radius 3 is 1.83 bits per heavy atom. The second-order valence-corrected chi connectivity index (χ2v) is 14.2. The molecule has 0 bridgehead atoms. The lowest BCUT2D eigenvalue weighted by Crippen LogP contribution is -2.14. The normalized spacial score (nSPS) is 13.0. The van der Waals surface area contributed by atoms with Crippen LogP contribution in [0.4, 0.5) is 0 Å². The second kappa shape index (κ2) is 11.8. The predicted molar refractivity (Wildman–Crippen MR) is 214 cm³/mol. The van der Waals surface area contributed by atoms with E-state index in [4.69, 9.17) is 14.4 Å². The first kappa shape index (κ1) is 30.3. The Balaban J connectivity index is 1.10. The number of rotatable bonds is 5. The molecule has 9 aromatic rings. The Labute approximate surface area is 302 Å². The van der Waals surface area contributed by atoms with E-state index in [1.165, 1.54) is 33.4 Å². The van der Waals surface area contributed by atoms with Crippen molar-refractivity contribution >= 4 is 21.9 Å². The van der Waals surface area contributed by atoms with E-state index in [-0.39, 0.29) is 5.41 Å². The third-order valence-corrected chi connectivity index (χ3v) is 10.7. The third-order valence-electron chi connectivity index (χ3n) is 10.7. The van der Waals surface area contributed by atoms with Crippen molar-refractivity contribution in [2.75, 3.05) is 0 Å². The fourth-order valence-electron chi connectivity index (χ4n) is 8.05. The number of fused-ring (bicyclic) bond motifs is 6. The Hall–Kier alpha value is -6.58. The Morgan fingerprint density at radius 1 is 0.423 bits per heavy atom. The van der Waals surface area contributed by atoms with Crippen LogP contribution in [-0.2, 0) is 5.41 Å². The molecule has 52 heavy (non-hydrogen) atoms. The summed E-state index contributed by atoms with van der Waals surface area (Å²) in [5, 5.41) is 2.17. The van der Waals surface area contributed by atoms with Gasteiger partial charge in [0.15, 0.2) is 5.82 Å². The van der Waals surface area contributed by atoms with Gasteiger partial charge in [-0.3, -0.25) is 0 Å². The predicted octanol–water partition coefficient (Wildman–Crippen LogP) is 13.0. The summed E-state index contributed by atoms with van der Waals surface area (Å²) in [6.45, 7) is 4.67. The van der Waals surface area contributed by atoms with Crippen LogP contribution in [0, 0.1) is 0 Å². The van der Waals surface area contributed by atoms with Crippen LogP contribution in [0.15, 0.2) is 174 Å². The Morgan fingerprint density at radius 2 is 1.02 bits per heavy atom. The Kier molecular flexibility index (Phi) is 6.84. The highest BCUT2D eigenvalue weighted by atomic mass is 16.3. The molecule has 0 N–H and O–H groups in total. The quantitative estimate of drug-likeness (QED) is 0.183. The van der Waals surface area contributed by atoms with Crippen molar-refractivity contribution in [1.82, 2.24) is 9.97 Å². The van der Waals surface area contributed by atoms with E-state index in [0.717, 1.165) is 61.1 Å². The van der Waals surface area contributed by atoms with Crippen LogP contribution in [0.5, 0.6) is 0 Å². The first-order chi connectivity index (χ1) is 25.5. The molecule has 2 aromatic heterocycles. The molecule has 0 aliphatic heterocycles. The minimum atomic E-state index is -0.0367. The van der Waals surface area contributed by atoms with Crippen LogP contribution in [0.1, 0.15) is 25.0 Å². The van der Waals surface area contributed by atoms with Crippen LogP contribution in [0.2, 0.25) is 0 Å². The lowest BCUT2D eigenvalue weighted by molar-refractivity contribution is 0.660. The molecule has 1 aliphatic rings. The molecule has 1 aliphatic carbocycles. The summed E-state index contributed by atoms with van der Waals surface area (Å²) in [4.78, 5) is 10.2. The van der Waals surface area contributed by atoms with Gasteiger partial charge in [0.1, 0.15) is 11.2 Å². The van der Waals surface area contributed by atoms with E-state index in [2.05, 4.69) is 135 Å². The standard InChI is InChI=1S/C49H34N2O/c1-49(2)41-19-11-9-17-37(41)38-26-25-35(29-42(38)49)31-21-23-32(24-22-31)36-27-28-39(47-46(36)40-18-10-12-20-45(40)52-47)44-30-43(33-13-5-3-6-14-33)50-48(51-44)34-15-7-4-8-16-34/h3-30H,1-2H3. The van der Waals surface area contributed by atoms with Gasteiger partial charge in [-0.15, -0.1) is 0 Å². The van der Waals surface area contributed by atoms with Crippen molar-refractivity contribution in [2.45, 2.75) is 19.3 Å². The van der Waals surface area contributed by atoms with Gasteiger partial charge in [-0.25, -0.2) is 9.97 Å². The number of para-hydroxylation sites is 1. The molecule has 0 unspecified atom stereocenters. The molecule has 0 spiro atoms. The van der Waals surface area contributed by atoms with Crippen LogP contribution in [0.3, 0.4) is 0 Å². The number of hydrogen-bond donors (Lipinski definition) is 0. The van der Waals surface area contributed by atoms with Crippen molar-refractivity contribution in [1.29, 1.82) is 0 Å². The first-order valence-corrected chi connectivity index (χ1v) is 17.8. The minimum absolute atomic E-state index is 0.0367. The van der Waals surface area contributed by atoms with Crippen molar-refractivity contribution in [3.05, 3.63) is 181 Å².